The first-order valence-corrected chi connectivity index (χ1v) is 6.36. The number of carbonyl (C=O) groups excluding carboxylic acids is 2. The van der Waals surface area contributed by atoms with Crippen LogP contribution in [0.5, 0.6) is 0 Å². The van der Waals surface area contributed by atoms with E-state index in [0.29, 0.717) is 26.3 Å². The van der Waals surface area contributed by atoms with E-state index >= 15 is 0 Å². The van der Waals surface area contributed by atoms with Gasteiger partial charge in [-0.15, -0.1) is 0 Å². The second kappa shape index (κ2) is 6.35. The molecule has 1 atom stereocenters. The van der Waals surface area contributed by atoms with Crippen molar-refractivity contribution in [3.05, 3.63) is 17.5 Å². The third-order valence-corrected chi connectivity index (χ3v) is 2.99. The Labute approximate surface area is 119 Å². The molecule has 1 aromatic heterocycles. The minimum absolute atomic E-state index is 0.186. The molecule has 0 saturated carbocycles. The van der Waals surface area contributed by atoms with Crippen molar-refractivity contribution in [3.8, 4) is 0 Å². The number of amides is 2. The molecule has 21 heavy (non-hydrogen) atoms. The molecule has 0 spiro atoms. The fourth-order valence-electron chi connectivity index (χ4n) is 1.87. The highest BCUT2D eigenvalue weighted by Crippen LogP contribution is 2.05. The summed E-state index contributed by atoms with van der Waals surface area (Å²) in [6.07, 6.45) is 0. The van der Waals surface area contributed by atoms with E-state index in [1.54, 1.807) is 11.8 Å². The van der Waals surface area contributed by atoms with Gasteiger partial charge in [-0.1, -0.05) is 5.16 Å². The Morgan fingerprint density at radius 2 is 2.05 bits per heavy atom. The number of carboxylic acids is 1. The van der Waals surface area contributed by atoms with E-state index in [-0.39, 0.29) is 11.6 Å². The average Bonchev–Trinajstić information content (AvgIpc) is 2.97. The Morgan fingerprint density at radius 1 is 1.38 bits per heavy atom. The minimum Gasteiger partial charge on any atom is -0.475 e. The first-order chi connectivity index (χ1) is 9.99. The largest absolute Gasteiger partial charge is 0.475 e. The van der Waals surface area contributed by atoms with Crippen LogP contribution in [0.1, 0.15) is 28.0 Å². The van der Waals surface area contributed by atoms with Gasteiger partial charge < -0.3 is 24.6 Å². The third-order valence-electron chi connectivity index (χ3n) is 2.99. The van der Waals surface area contributed by atoms with Gasteiger partial charge in [-0.3, -0.25) is 9.59 Å². The van der Waals surface area contributed by atoms with Gasteiger partial charge in [0, 0.05) is 19.2 Å². The monoisotopic (exact) mass is 297 g/mol. The molecule has 1 aliphatic rings. The molecule has 1 saturated heterocycles. The Morgan fingerprint density at radius 3 is 2.62 bits per heavy atom. The van der Waals surface area contributed by atoms with Gasteiger partial charge in [0.15, 0.2) is 5.69 Å². The maximum absolute atomic E-state index is 12.1. The van der Waals surface area contributed by atoms with Crippen molar-refractivity contribution in [3.63, 3.8) is 0 Å². The van der Waals surface area contributed by atoms with E-state index in [9.17, 15) is 14.4 Å². The fourth-order valence-corrected chi connectivity index (χ4v) is 1.87. The lowest BCUT2D eigenvalue weighted by Crippen LogP contribution is -2.50. The first-order valence-electron chi connectivity index (χ1n) is 6.36. The van der Waals surface area contributed by atoms with Crippen molar-refractivity contribution in [2.75, 3.05) is 26.3 Å². The van der Waals surface area contributed by atoms with Crippen LogP contribution in [0, 0.1) is 0 Å². The smallest absolute Gasteiger partial charge is 0.374 e. The predicted octanol–water partition coefficient (Wildman–Crippen LogP) is -0.650. The molecular formula is C12H15N3O6. The van der Waals surface area contributed by atoms with Gasteiger partial charge in [0.25, 0.3) is 5.91 Å². The minimum atomic E-state index is -1.32. The van der Waals surface area contributed by atoms with Crippen LogP contribution in [0.4, 0.5) is 0 Å². The molecule has 1 fully saturated rings. The van der Waals surface area contributed by atoms with Gasteiger partial charge in [0.1, 0.15) is 6.04 Å². The summed E-state index contributed by atoms with van der Waals surface area (Å²) in [6.45, 7) is 3.45. The number of hydrogen-bond acceptors (Lipinski definition) is 6. The van der Waals surface area contributed by atoms with Crippen molar-refractivity contribution in [1.82, 2.24) is 15.4 Å². The molecule has 0 aliphatic carbocycles. The lowest BCUT2D eigenvalue weighted by atomic mass is 10.2. The van der Waals surface area contributed by atoms with Gasteiger partial charge in [0.2, 0.25) is 11.7 Å². The van der Waals surface area contributed by atoms with Crippen LogP contribution < -0.4 is 5.32 Å². The van der Waals surface area contributed by atoms with E-state index < -0.39 is 23.7 Å². The van der Waals surface area contributed by atoms with Crippen LogP contribution in [0.2, 0.25) is 0 Å². The number of carbonyl (C=O) groups is 3. The summed E-state index contributed by atoms with van der Waals surface area (Å²) in [5, 5.41) is 14.5. The zero-order valence-electron chi connectivity index (χ0n) is 11.4. The quantitative estimate of drug-likeness (QED) is 0.757. The molecule has 2 amide bonds. The summed E-state index contributed by atoms with van der Waals surface area (Å²) in [6, 6.07) is 0.254. The van der Waals surface area contributed by atoms with Gasteiger partial charge in [-0.05, 0) is 6.92 Å². The zero-order valence-corrected chi connectivity index (χ0v) is 11.4. The van der Waals surface area contributed by atoms with Crippen LogP contribution in [0.3, 0.4) is 0 Å². The van der Waals surface area contributed by atoms with E-state index in [1.165, 1.54) is 0 Å². The van der Waals surface area contributed by atoms with Gasteiger partial charge in [0.05, 0.1) is 13.2 Å². The number of ether oxygens (including phenoxy) is 1. The van der Waals surface area contributed by atoms with Gasteiger partial charge >= 0.3 is 5.97 Å². The van der Waals surface area contributed by atoms with Crippen molar-refractivity contribution < 1.29 is 28.8 Å². The number of nitrogens with zero attached hydrogens (tertiary/aromatic N) is 2. The van der Waals surface area contributed by atoms with E-state index in [1.807, 2.05) is 0 Å². The molecule has 2 N–H and O–H groups in total. The lowest BCUT2D eigenvalue weighted by Gasteiger charge is -2.29. The molecule has 0 aromatic carbocycles. The van der Waals surface area contributed by atoms with Gasteiger partial charge in [-0.2, -0.15) is 0 Å². The fraction of sp³-hybridized carbons (Fsp3) is 0.500. The standard InChI is InChI=1S/C12H15N3O6/c1-7(11(17)15-2-4-20-5-3-15)13-10(16)8-6-9(12(18)19)21-14-8/h6-7H,2-5H2,1H3,(H,13,16)(H,18,19). The van der Waals surface area contributed by atoms with Crippen molar-refractivity contribution in [1.29, 1.82) is 0 Å². The summed E-state index contributed by atoms with van der Waals surface area (Å²) >= 11 is 0. The summed E-state index contributed by atoms with van der Waals surface area (Å²) in [7, 11) is 0. The SMILES string of the molecule is CC(NC(=O)c1cc(C(=O)O)on1)C(=O)N1CCOCC1. The Hall–Kier alpha value is -2.42. The molecule has 1 aromatic rings. The van der Waals surface area contributed by atoms with Crippen LogP contribution >= 0.6 is 0 Å². The predicted molar refractivity (Wildman–Crippen MR) is 67.8 cm³/mol. The number of morpholine rings is 1. The van der Waals surface area contributed by atoms with E-state index in [0.717, 1.165) is 6.07 Å². The summed E-state index contributed by atoms with van der Waals surface area (Å²) in [4.78, 5) is 36.2. The molecule has 114 valence electrons. The second-order valence-electron chi connectivity index (χ2n) is 4.51. The summed E-state index contributed by atoms with van der Waals surface area (Å²) < 4.78 is 9.63. The lowest BCUT2D eigenvalue weighted by molar-refractivity contribution is -0.136. The molecule has 1 aliphatic heterocycles. The molecule has 0 radical (unpaired) electrons. The zero-order chi connectivity index (χ0) is 15.4. The van der Waals surface area contributed by atoms with E-state index in [4.69, 9.17) is 9.84 Å². The maximum atomic E-state index is 12.1. The first kappa shape index (κ1) is 15.0. The number of aromatic nitrogens is 1. The van der Waals surface area contributed by atoms with Gasteiger partial charge in [-0.25, -0.2) is 4.79 Å². The molecule has 1 unspecified atom stereocenters. The third kappa shape index (κ3) is 3.57. The number of rotatable bonds is 4. The van der Waals surface area contributed by atoms with E-state index in [2.05, 4.69) is 15.0 Å². The highest BCUT2D eigenvalue weighted by molar-refractivity contribution is 5.97. The highest BCUT2D eigenvalue weighted by atomic mass is 16.5. The number of nitrogens with one attached hydrogen (secondary N) is 1. The van der Waals surface area contributed by atoms with Crippen LogP contribution in [-0.4, -0.2) is 65.3 Å². The topological polar surface area (TPSA) is 122 Å². The second-order valence-corrected chi connectivity index (χ2v) is 4.51. The molecule has 9 heteroatoms. The Balaban J connectivity index is 1.94. The number of aromatic carboxylic acids is 1. The number of carboxylic acid groups (broad SMARTS) is 1. The maximum Gasteiger partial charge on any atom is 0.374 e. The highest BCUT2D eigenvalue weighted by Gasteiger charge is 2.25. The van der Waals surface area contributed by atoms with Crippen LogP contribution in [0.15, 0.2) is 10.6 Å². The van der Waals surface area contributed by atoms with Crippen molar-refractivity contribution in [2.24, 2.45) is 0 Å². The Bertz CT molecular complexity index is 549. The summed E-state index contributed by atoms with van der Waals surface area (Å²) in [5.41, 5.74) is -0.186. The number of hydrogen-bond donors (Lipinski definition) is 2. The molecule has 0 bridgehead atoms. The van der Waals surface area contributed by atoms with Crippen molar-refractivity contribution in [2.45, 2.75) is 13.0 Å². The normalized spacial score (nSPS) is 16.3. The molecule has 2 heterocycles. The molecular weight excluding hydrogens is 282 g/mol. The van der Waals surface area contributed by atoms with Crippen LogP contribution in [0.25, 0.3) is 0 Å². The van der Waals surface area contributed by atoms with Crippen molar-refractivity contribution >= 4 is 17.8 Å². The summed E-state index contributed by atoms with van der Waals surface area (Å²) in [5.74, 6) is -2.65. The Kier molecular flexibility index (Phi) is 4.53. The molecule has 2 rings (SSSR count). The molecule has 9 nitrogen and oxygen atoms in total. The average molecular weight is 297 g/mol. The van der Waals surface area contributed by atoms with Crippen LogP contribution in [-0.2, 0) is 9.53 Å².